The number of rotatable bonds is 6. The van der Waals surface area contributed by atoms with Crippen molar-refractivity contribution in [3.8, 4) is 0 Å². The molecule has 8 heterocycles. The van der Waals surface area contributed by atoms with Crippen molar-refractivity contribution in [1.82, 2.24) is 9.80 Å². The fourth-order valence-electron chi connectivity index (χ4n) is 11.4. The third kappa shape index (κ3) is 4.90. The highest BCUT2D eigenvalue weighted by molar-refractivity contribution is 8.20. The number of para-hydroxylation sites is 2. The minimum absolute atomic E-state index is 0.00953. The van der Waals surface area contributed by atoms with Crippen molar-refractivity contribution in [3.05, 3.63) is 132 Å². The Kier molecular flexibility index (Phi) is 9.10. The van der Waals surface area contributed by atoms with E-state index in [4.69, 9.17) is 0 Å². The molecule has 0 unspecified atom stereocenters. The van der Waals surface area contributed by atoms with Gasteiger partial charge in [0.1, 0.15) is 17.9 Å². The van der Waals surface area contributed by atoms with Crippen molar-refractivity contribution in [2.24, 2.45) is 35.5 Å². The number of carbonyl (C=O) groups excluding carboxylic acids is 6. The molecule has 0 N–H and O–H groups in total. The molecule has 4 aromatic rings. The standard InChI is InChI=1S/2C24H22N2O3S2/c2*1-14(2)17-13-30-24-19-18(20(27)25(21(19)28)16-11-7-4-8-12-16)23(31-24,22(29)26(17)24)15-9-5-3-6-10-15/h2*3-12,14,17-19H,13H2,1-2H3/t2*17-,18-,19+,23+,24-/m11/s1. The van der Waals surface area contributed by atoms with Gasteiger partial charge in [0, 0.05) is 23.6 Å². The second-order valence-electron chi connectivity index (χ2n) is 17.9. The Balaban J connectivity index is 0.000000139. The number of carbonyl (C=O) groups is 6. The Hall–Kier alpha value is -4.50. The van der Waals surface area contributed by atoms with E-state index in [0.717, 1.165) is 22.6 Å². The summed E-state index contributed by atoms with van der Waals surface area (Å²) in [6.45, 7) is 8.50. The molecular weight excluding hydrogens is 857 g/mol. The van der Waals surface area contributed by atoms with Crippen LogP contribution < -0.4 is 9.80 Å². The van der Waals surface area contributed by atoms with E-state index < -0.39 is 41.6 Å². The summed E-state index contributed by atoms with van der Waals surface area (Å²) in [5, 5.41) is 0. The van der Waals surface area contributed by atoms with E-state index in [1.807, 2.05) is 107 Å². The molecule has 14 heteroatoms. The number of hydrogen-bond acceptors (Lipinski definition) is 10. The normalized spacial score (nSPS) is 36.0. The lowest BCUT2D eigenvalue weighted by atomic mass is 9.74. The molecule has 8 aliphatic rings. The van der Waals surface area contributed by atoms with Crippen LogP contribution in [0.15, 0.2) is 121 Å². The van der Waals surface area contributed by atoms with E-state index in [-0.39, 0.29) is 59.4 Å². The SMILES string of the molecule is CC(C)[C@H]1CS[C@]23S[C@](c4ccccc4)(C(=O)N12)[C@H]1C(=O)N(c2ccccc2)C(=O)[C@H]13.CC(C)[C@H]1CS[C@]23S[C@](c4ccccc4)(C(=O)N12)[C@H]1C(=O)N(c2ccccc2)C(=O)[C@H]13. The van der Waals surface area contributed by atoms with Gasteiger partial charge in [-0.25, -0.2) is 9.80 Å². The molecule has 10 atom stereocenters. The van der Waals surface area contributed by atoms with Gasteiger partial charge in [0.25, 0.3) is 0 Å². The monoisotopic (exact) mass is 900 g/mol. The van der Waals surface area contributed by atoms with Crippen LogP contribution in [-0.2, 0) is 38.3 Å². The number of nitrogens with zero attached hydrogens (tertiary/aromatic N) is 4. The van der Waals surface area contributed by atoms with Crippen LogP contribution in [0.3, 0.4) is 0 Å². The molecule has 10 nitrogen and oxygen atoms in total. The summed E-state index contributed by atoms with van der Waals surface area (Å²) < 4.78 is -3.54. The first-order chi connectivity index (χ1) is 29.9. The minimum Gasteiger partial charge on any atom is -0.312 e. The molecule has 6 amide bonds. The lowest BCUT2D eigenvalue weighted by Gasteiger charge is -2.41. The number of hydrogen-bond donors (Lipinski definition) is 0. The number of fused-ring (bicyclic) bond motifs is 6. The summed E-state index contributed by atoms with van der Waals surface area (Å²) in [5.74, 6) is -1.21. The van der Waals surface area contributed by atoms with Crippen LogP contribution in [0.1, 0.15) is 38.8 Å². The Bertz CT molecular complexity index is 2390. The third-order valence-corrected chi connectivity index (χ3v) is 21.6. The van der Waals surface area contributed by atoms with Crippen molar-refractivity contribution in [1.29, 1.82) is 0 Å². The lowest BCUT2D eigenvalue weighted by molar-refractivity contribution is -0.148. The first kappa shape index (κ1) is 40.3. The molecule has 4 aromatic carbocycles. The Morgan fingerprint density at radius 1 is 0.452 bits per heavy atom. The van der Waals surface area contributed by atoms with Crippen LogP contribution in [0, 0.1) is 35.5 Å². The zero-order valence-electron chi connectivity index (χ0n) is 34.5. The number of anilines is 2. The highest BCUT2D eigenvalue weighted by atomic mass is 32.2. The largest absolute Gasteiger partial charge is 0.312 e. The summed E-state index contributed by atoms with van der Waals surface area (Å²) in [6.07, 6.45) is 0. The summed E-state index contributed by atoms with van der Waals surface area (Å²) in [4.78, 5) is 90.2. The molecule has 62 heavy (non-hydrogen) atoms. The van der Waals surface area contributed by atoms with Gasteiger partial charge >= 0.3 is 0 Å². The van der Waals surface area contributed by atoms with E-state index >= 15 is 0 Å². The van der Waals surface area contributed by atoms with Gasteiger partial charge in [-0.15, -0.1) is 23.5 Å². The van der Waals surface area contributed by atoms with Gasteiger partial charge in [0.2, 0.25) is 35.4 Å². The van der Waals surface area contributed by atoms with Crippen molar-refractivity contribution >= 4 is 93.9 Å². The van der Waals surface area contributed by atoms with Crippen molar-refractivity contribution in [2.75, 3.05) is 21.3 Å². The molecule has 4 bridgehead atoms. The molecule has 0 radical (unpaired) electrons. The highest BCUT2D eigenvalue weighted by Gasteiger charge is 2.86. The summed E-state index contributed by atoms with van der Waals surface area (Å²) in [5.41, 5.74) is 2.81. The molecule has 8 aliphatic heterocycles. The molecule has 0 aliphatic carbocycles. The average Bonchev–Trinajstić information content (AvgIpc) is 4.15. The third-order valence-electron chi connectivity index (χ3n) is 14.2. The van der Waals surface area contributed by atoms with E-state index in [0.29, 0.717) is 11.4 Å². The van der Waals surface area contributed by atoms with E-state index in [1.54, 1.807) is 71.3 Å². The topological polar surface area (TPSA) is 115 Å². The number of amides is 6. The molecule has 12 rings (SSSR count). The van der Waals surface area contributed by atoms with E-state index in [2.05, 4.69) is 27.7 Å². The van der Waals surface area contributed by atoms with Crippen LogP contribution in [-0.4, -0.2) is 77.2 Å². The van der Waals surface area contributed by atoms with Gasteiger partial charge in [-0.2, -0.15) is 0 Å². The number of piperidine rings is 2. The Morgan fingerprint density at radius 3 is 1.08 bits per heavy atom. The molecule has 316 valence electrons. The average molecular weight is 901 g/mol. The van der Waals surface area contributed by atoms with Crippen LogP contribution >= 0.6 is 47.0 Å². The smallest absolute Gasteiger partial charge is 0.246 e. The first-order valence-electron chi connectivity index (χ1n) is 21.2. The van der Waals surface area contributed by atoms with E-state index in [9.17, 15) is 28.8 Å². The number of benzene rings is 4. The van der Waals surface area contributed by atoms with Gasteiger partial charge < -0.3 is 9.80 Å². The molecular formula is C48H44N4O6S4. The maximum Gasteiger partial charge on any atom is 0.246 e. The number of imide groups is 2. The van der Waals surface area contributed by atoms with Crippen molar-refractivity contribution in [2.45, 2.75) is 57.7 Å². The zero-order chi connectivity index (χ0) is 43.1. The Labute approximate surface area is 377 Å². The Morgan fingerprint density at radius 2 is 0.758 bits per heavy atom. The predicted molar refractivity (Wildman–Crippen MR) is 245 cm³/mol. The number of thioether (sulfide) groups is 4. The van der Waals surface area contributed by atoms with Crippen LogP contribution in [0.25, 0.3) is 0 Å². The minimum atomic E-state index is -1.05. The van der Waals surface area contributed by atoms with Crippen LogP contribution in [0.4, 0.5) is 11.4 Å². The first-order valence-corrected chi connectivity index (χ1v) is 24.8. The summed E-state index contributed by atoms with van der Waals surface area (Å²) in [6, 6.07) is 37.5. The molecule has 2 spiro atoms. The molecule has 8 saturated heterocycles. The van der Waals surface area contributed by atoms with Gasteiger partial charge in [0.15, 0.2) is 0 Å². The maximum atomic E-state index is 14.1. The molecule has 0 aromatic heterocycles. The van der Waals surface area contributed by atoms with Crippen LogP contribution in [0.5, 0.6) is 0 Å². The quantitative estimate of drug-likeness (QED) is 0.182. The second-order valence-corrected chi connectivity index (χ2v) is 23.8. The van der Waals surface area contributed by atoms with Gasteiger partial charge in [-0.3, -0.25) is 28.8 Å². The lowest BCUT2D eigenvalue weighted by Crippen LogP contribution is -2.59. The zero-order valence-corrected chi connectivity index (χ0v) is 37.7. The van der Waals surface area contributed by atoms with Crippen molar-refractivity contribution in [3.63, 3.8) is 0 Å². The predicted octanol–water partition coefficient (Wildman–Crippen LogP) is 7.40. The fraction of sp³-hybridized carbons (Fsp3) is 0.375. The van der Waals surface area contributed by atoms with E-state index in [1.165, 1.54) is 9.80 Å². The van der Waals surface area contributed by atoms with Gasteiger partial charge in [-0.05, 0) is 47.2 Å². The van der Waals surface area contributed by atoms with Gasteiger partial charge in [0.05, 0.1) is 35.0 Å². The highest BCUT2D eigenvalue weighted by Crippen LogP contribution is 2.79. The second kappa shape index (κ2) is 14.0. The fourth-order valence-corrected chi connectivity index (χ4v) is 20.4. The summed E-state index contributed by atoms with van der Waals surface area (Å²) in [7, 11) is 0. The van der Waals surface area contributed by atoms with Gasteiger partial charge in [-0.1, -0.05) is 148 Å². The maximum absolute atomic E-state index is 14.1. The van der Waals surface area contributed by atoms with Crippen LogP contribution in [0.2, 0.25) is 0 Å². The molecule has 8 fully saturated rings. The van der Waals surface area contributed by atoms with Crippen molar-refractivity contribution < 1.29 is 28.8 Å². The molecule has 0 saturated carbocycles. The summed E-state index contributed by atoms with van der Waals surface area (Å²) >= 11 is 6.46.